The predicted molar refractivity (Wildman–Crippen MR) is 127 cm³/mol. The van der Waals surface area contributed by atoms with Gasteiger partial charge in [0.1, 0.15) is 0 Å². The summed E-state index contributed by atoms with van der Waals surface area (Å²) < 4.78 is 16.1. The van der Waals surface area contributed by atoms with Crippen LogP contribution in [0.4, 0.5) is 11.4 Å². The van der Waals surface area contributed by atoms with Crippen LogP contribution in [0.1, 0.15) is 34.8 Å². The van der Waals surface area contributed by atoms with Crippen LogP contribution in [0.3, 0.4) is 0 Å². The van der Waals surface area contributed by atoms with E-state index < -0.39 is 0 Å². The Bertz CT molecular complexity index is 1130. The summed E-state index contributed by atoms with van der Waals surface area (Å²) in [5, 5.41) is 5.45. The van der Waals surface area contributed by atoms with E-state index in [4.69, 9.17) is 13.9 Å². The number of furan rings is 1. The molecule has 0 spiro atoms. The van der Waals surface area contributed by atoms with Gasteiger partial charge in [-0.1, -0.05) is 0 Å². The molecule has 1 aromatic heterocycles. The zero-order valence-corrected chi connectivity index (χ0v) is 19.3. The lowest BCUT2D eigenvalue weighted by molar-refractivity contribution is -0.116. The van der Waals surface area contributed by atoms with Gasteiger partial charge in [0, 0.05) is 30.1 Å². The van der Waals surface area contributed by atoms with Gasteiger partial charge < -0.3 is 29.4 Å². The summed E-state index contributed by atoms with van der Waals surface area (Å²) in [5.41, 5.74) is 1.43. The lowest BCUT2D eigenvalue weighted by Gasteiger charge is -2.18. The Kier molecular flexibility index (Phi) is 8.28. The van der Waals surface area contributed by atoms with Crippen molar-refractivity contribution >= 4 is 29.1 Å². The third kappa shape index (κ3) is 6.38. The molecule has 0 fully saturated rings. The molecule has 178 valence electrons. The number of likely N-dealkylation sites (N-methyl/N-ethyl adjacent to an activating group) is 1. The lowest BCUT2D eigenvalue weighted by atomic mass is 10.2. The van der Waals surface area contributed by atoms with Crippen molar-refractivity contribution in [3.8, 4) is 11.5 Å². The Morgan fingerprint density at radius 2 is 1.56 bits per heavy atom. The van der Waals surface area contributed by atoms with Gasteiger partial charge in [-0.15, -0.1) is 0 Å². The number of hydrogen-bond acceptors (Lipinski definition) is 6. The Balaban J connectivity index is 1.57. The molecule has 0 saturated carbocycles. The van der Waals surface area contributed by atoms with Crippen LogP contribution in [0.5, 0.6) is 11.5 Å². The first-order valence-electron chi connectivity index (χ1n) is 10.8. The van der Waals surface area contributed by atoms with Crippen LogP contribution < -0.4 is 20.1 Å². The summed E-state index contributed by atoms with van der Waals surface area (Å²) in [4.78, 5) is 38.6. The molecule has 0 aliphatic carbocycles. The van der Waals surface area contributed by atoms with E-state index in [1.54, 1.807) is 54.6 Å². The average Bonchev–Trinajstić information content (AvgIpc) is 3.36. The molecule has 0 aliphatic rings. The fourth-order valence-electron chi connectivity index (χ4n) is 3.13. The molecule has 0 aliphatic heterocycles. The van der Waals surface area contributed by atoms with Gasteiger partial charge in [-0.3, -0.25) is 14.4 Å². The van der Waals surface area contributed by atoms with Gasteiger partial charge in [-0.05, 0) is 62.4 Å². The van der Waals surface area contributed by atoms with Crippen LogP contribution in [0.2, 0.25) is 0 Å². The second-order valence-corrected chi connectivity index (χ2v) is 7.25. The molecule has 0 bridgehead atoms. The topological polar surface area (TPSA) is 110 Å². The highest BCUT2D eigenvalue weighted by Crippen LogP contribution is 2.30. The number of carbonyl (C=O) groups excluding carboxylic acids is 3. The number of nitrogens with one attached hydrogen (secondary N) is 2. The van der Waals surface area contributed by atoms with Gasteiger partial charge in [0.2, 0.25) is 5.91 Å². The first kappa shape index (κ1) is 24.4. The minimum Gasteiger partial charge on any atom is -0.490 e. The summed E-state index contributed by atoms with van der Waals surface area (Å²) >= 11 is 0. The maximum Gasteiger partial charge on any atom is 0.291 e. The van der Waals surface area contributed by atoms with Gasteiger partial charge >= 0.3 is 0 Å². The molecule has 9 nitrogen and oxygen atoms in total. The molecule has 2 N–H and O–H groups in total. The largest absolute Gasteiger partial charge is 0.490 e. The minimum atomic E-state index is -0.389. The third-order valence-corrected chi connectivity index (χ3v) is 4.69. The molecule has 1 heterocycles. The zero-order chi connectivity index (χ0) is 24.5. The first-order valence-corrected chi connectivity index (χ1v) is 10.8. The number of nitrogens with zero attached hydrogens (tertiary/aromatic N) is 1. The van der Waals surface area contributed by atoms with Crippen LogP contribution in [0.25, 0.3) is 0 Å². The highest BCUT2D eigenvalue weighted by molar-refractivity contribution is 6.03. The Labute approximate surface area is 197 Å². The fraction of sp³-hybridized carbons (Fsp3) is 0.240. The molecule has 0 atom stereocenters. The van der Waals surface area contributed by atoms with Crippen molar-refractivity contribution in [2.24, 2.45) is 0 Å². The van der Waals surface area contributed by atoms with E-state index in [0.29, 0.717) is 41.7 Å². The summed E-state index contributed by atoms with van der Waals surface area (Å²) in [7, 11) is 1.54. The van der Waals surface area contributed by atoms with Crippen LogP contribution in [0.15, 0.2) is 65.3 Å². The molecule has 0 radical (unpaired) electrons. The standard InChI is InChI=1S/C25H27N3O6/c1-4-32-20-13-12-19(15-22(20)33-5-2)26-23(29)16-28(3)25(31)17-8-10-18(11-9-17)27-24(30)21-7-6-14-34-21/h6-15H,4-5,16H2,1-3H3,(H,26,29)(H,27,30). The third-order valence-electron chi connectivity index (χ3n) is 4.69. The summed E-state index contributed by atoms with van der Waals surface area (Å²) in [6, 6.07) is 14.7. The van der Waals surface area contributed by atoms with Gasteiger partial charge in [0.25, 0.3) is 11.8 Å². The molecule has 3 amide bonds. The van der Waals surface area contributed by atoms with E-state index in [9.17, 15) is 14.4 Å². The number of amides is 3. The van der Waals surface area contributed by atoms with E-state index in [1.165, 1.54) is 18.2 Å². The van der Waals surface area contributed by atoms with Gasteiger partial charge in [-0.25, -0.2) is 0 Å². The van der Waals surface area contributed by atoms with E-state index in [2.05, 4.69) is 10.6 Å². The second kappa shape index (κ2) is 11.6. The van der Waals surface area contributed by atoms with Gasteiger partial charge in [-0.2, -0.15) is 0 Å². The number of benzene rings is 2. The van der Waals surface area contributed by atoms with E-state index in [1.807, 2.05) is 13.8 Å². The van der Waals surface area contributed by atoms with Crippen molar-refractivity contribution in [3.63, 3.8) is 0 Å². The van der Waals surface area contributed by atoms with Crippen molar-refractivity contribution < 1.29 is 28.3 Å². The van der Waals surface area contributed by atoms with Gasteiger partial charge in [0.05, 0.1) is 26.0 Å². The minimum absolute atomic E-state index is 0.146. The first-order chi connectivity index (χ1) is 16.4. The molecule has 2 aromatic carbocycles. The van der Waals surface area contributed by atoms with Crippen molar-refractivity contribution in [1.29, 1.82) is 0 Å². The molecule has 3 aromatic rings. The second-order valence-electron chi connectivity index (χ2n) is 7.25. The zero-order valence-electron chi connectivity index (χ0n) is 19.3. The van der Waals surface area contributed by atoms with Crippen LogP contribution in [0, 0.1) is 0 Å². The van der Waals surface area contributed by atoms with Crippen molar-refractivity contribution in [2.45, 2.75) is 13.8 Å². The summed E-state index contributed by atoms with van der Waals surface area (Å²) in [6.45, 7) is 4.55. The quantitative estimate of drug-likeness (QED) is 0.468. The molecule has 34 heavy (non-hydrogen) atoms. The SMILES string of the molecule is CCOc1ccc(NC(=O)CN(C)C(=O)c2ccc(NC(=O)c3ccco3)cc2)cc1OCC. The molecule has 0 unspecified atom stereocenters. The average molecular weight is 466 g/mol. The van der Waals surface area contributed by atoms with Crippen LogP contribution in [-0.4, -0.2) is 49.4 Å². The van der Waals surface area contributed by atoms with E-state index in [0.717, 1.165) is 0 Å². The molecule has 3 rings (SSSR count). The van der Waals surface area contributed by atoms with Crippen molar-refractivity contribution in [2.75, 3.05) is 37.4 Å². The van der Waals surface area contributed by atoms with Crippen LogP contribution in [-0.2, 0) is 4.79 Å². The maximum atomic E-state index is 12.7. The predicted octanol–water partition coefficient (Wildman–Crippen LogP) is 4.04. The van der Waals surface area contributed by atoms with Crippen molar-refractivity contribution in [1.82, 2.24) is 4.90 Å². The summed E-state index contributed by atoms with van der Waals surface area (Å²) in [5.74, 6) is 0.237. The molecular weight excluding hydrogens is 438 g/mol. The summed E-state index contributed by atoms with van der Waals surface area (Å²) in [6.07, 6.45) is 1.41. The Hall–Kier alpha value is -4.27. The van der Waals surface area contributed by atoms with E-state index >= 15 is 0 Å². The number of hydrogen-bond donors (Lipinski definition) is 2. The van der Waals surface area contributed by atoms with Gasteiger partial charge in [0.15, 0.2) is 17.3 Å². The monoisotopic (exact) mass is 465 g/mol. The molecule has 0 saturated heterocycles. The smallest absolute Gasteiger partial charge is 0.291 e. The molecule has 9 heteroatoms. The Morgan fingerprint density at radius 1 is 0.882 bits per heavy atom. The number of anilines is 2. The number of carbonyl (C=O) groups is 3. The maximum absolute atomic E-state index is 12.7. The normalized spacial score (nSPS) is 10.3. The molecular formula is C25H27N3O6. The lowest BCUT2D eigenvalue weighted by Crippen LogP contribution is -2.34. The van der Waals surface area contributed by atoms with Crippen molar-refractivity contribution in [3.05, 3.63) is 72.2 Å². The Morgan fingerprint density at radius 3 is 2.21 bits per heavy atom. The highest BCUT2D eigenvalue weighted by Gasteiger charge is 2.16. The number of rotatable bonds is 10. The fourth-order valence-corrected chi connectivity index (χ4v) is 3.13. The van der Waals surface area contributed by atoms with E-state index in [-0.39, 0.29) is 30.0 Å². The van der Waals surface area contributed by atoms with Crippen LogP contribution >= 0.6 is 0 Å². The number of ether oxygens (including phenoxy) is 2. The highest BCUT2D eigenvalue weighted by atomic mass is 16.5.